The summed E-state index contributed by atoms with van der Waals surface area (Å²) in [6.07, 6.45) is 1.54. The number of rotatable bonds is 4. The van der Waals surface area contributed by atoms with Crippen molar-refractivity contribution in [2.45, 2.75) is 0 Å². The maximum Gasteiger partial charge on any atom is 0.267 e. The Morgan fingerprint density at radius 1 is 0.926 bits per heavy atom. The van der Waals surface area contributed by atoms with E-state index in [9.17, 15) is 9.18 Å². The van der Waals surface area contributed by atoms with Crippen LogP contribution in [0.15, 0.2) is 88.8 Å². The Morgan fingerprint density at radius 2 is 1.63 bits per heavy atom. The van der Waals surface area contributed by atoms with Crippen molar-refractivity contribution >= 4 is 23.1 Å². The first kappa shape index (κ1) is 16.7. The average molecular weight is 358 g/mol. The van der Waals surface area contributed by atoms with E-state index in [1.807, 2.05) is 36.4 Å². The predicted octanol–water partition coefficient (Wildman–Crippen LogP) is 3.97. The van der Waals surface area contributed by atoms with Gasteiger partial charge in [-0.2, -0.15) is 5.10 Å². The van der Waals surface area contributed by atoms with E-state index in [0.717, 1.165) is 5.56 Å². The van der Waals surface area contributed by atoms with Gasteiger partial charge in [0.05, 0.1) is 22.8 Å². The first-order chi connectivity index (χ1) is 13.2. The molecule has 4 rings (SSSR count). The van der Waals surface area contributed by atoms with E-state index in [0.29, 0.717) is 22.5 Å². The third kappa shape index (κ3) is 3.46. The largest absolute Gasteiger partial charge is 0.268 e. The highest BCUT2D eigenvalue weighted by molar-refractivity contribution is 5.81. The van der Waals surface area contributed by atoms with Crippen LogP contribution >= 0.6 is 0 Å². The third-order valence-corrected chi connectivity index (χ3v) is 4.04. The molecule has 0 spiro atoms. The van der Waals surface area contributed by atoms with Crippen LogP contribution in [-0.2, 0) is 0 Å². The molecule has 0 atom stereocenters. The minimum Gasteiger partial charge on any atom is -0.268 e. The molecule has 0 aliphatic heterocycles. The van der Waals surface area contributed by atoms with Crippen LogP contribution in [0, 0.1) is 5.82 Å². The molecule has 6 heteroatoms. The number of halogens is 1. The molecule has 0 aliphatic rings. The van der Waals surface area contributed by atoms with Gasteiger partial charge in [-0.1, -0.05) is 42.5 Å². The summed E-state index contributed by atoms with van der Waals surface area (Å²) in [5.41, 5.74) is 4.63. The molecule has 0 amide bonds. The molecule has 0 unspecified atom stereocenters. The van der Waals surface area contributed by atoms with Crippen molar-refractivity contribution in [2.24, 2.45) is 5.10 Å². The lowest BCUT2D eigenvalue weighted by Gasteiger charge is -2.12. The molecular formula is C21H15FN4O. The van der Waals surface area contributed by atoms with Gasteiger partial charge in [-0.25, -0.2) is 19.4 Å². The summed E-state index contributed by atoms with van der Waals surface area (Å²) >= 11 is 0. The van der Waals surface area contributed by atoms with Crippen LogP contribution in [0.1, 0.15) is 5.56 Å². The molecule has 3 aromatic carbocycles. The van der Waals surface area contributed by atoms with Gasteiger partial charge >= 0.3 is 0 Å². The number of benzene rings is 3. The molecule has 27 heavy (non-hydrogen) atoms. The summed E-state index contributed by atoms with van der Waals surface area (Å²) in [7, 11) is 0. The Balaban J connectivity index is 1.78. The average Bonchev–Trinajstić information content (AvgIpc) is 2.70. The number of para-hydroxylation sites is 2. The zero-order valence-corrected chi connectivity index (χ0v) is 14.2. The molecule has 0 bridgehead atoms. The lowest BCUT2D eigenvalue weighted by Crippen LogP contribution is -2.22. The van der Waals surface area contributed by atoms with Gasteiger partial charge in [-0.3, -0.25) is 4.79 Å². The summed E-state index contributed by atoms with van der Waals surface area (Å²) in [6.45, 7) is 0. The van der Waals surface area contributed by atoms with Gasteiger partial charge in [-0.15, -0.1) is 0 Å². The lowest BCUT2D eigenvalue weighted by molar-refractivity contribution is 0.628. The van der Waals surface area contributed by atoms with E-state index in [1.54, 1.807) is 30.3 Å². The maximum atomic E-state index is 13.0. The molecule has 0 aliphatic carbocycles. The summed E-state index contributed by atoms with van der Waals surface area (Å²) in [5, 5.41) is 4.68. The Labute approximate surface area is 154 Å². The van der Waals surface area contributed by atoms with Crippen molar-refractivity contribution in [1.82, 2.24) is 9.55 Å². The summed E-state index contributed by atoms with van der Waals surface area (Å²) in [5.74, 6) is -0.0162. The van der Waals surface area contributed by atoms with Crippen molar-refractivity contribution in [2.75, 3.05) is 5.43 Å². The van der Waals surface area contributed by atoms with Crippen LogP contribution in [0.2, 0.25) is 0 Å². The molecule has 1 heterocycles. The van der Waals surface area contributed by atoms with Crippen molar-refractivity contribution in [3.63, 3.8) is 0 Å². The summed E-state index contributed by atoms with van der Waals surface area (Å²) < 4.78 is 14.5. The van der Waals surface area contributed by atoms with Gasteiger partial charge in [0, 0.05) is 0 Å². The monoisotopic (exact) mass is 358 g/mol. The fourth-order valence-corrected chi connectivity index (χ4v) is 2.74. The molecule has 132 valence electrons. The van der Waals surface area contributed by atoms with Gasteiger partial charge < -0.3 is 0 Å². The van der Waals surface area contributed by atoms with Crippen molar-refractivity contribution in [1.29, 1.82) is 0 Å². The molecule has 0 radical (unpaired) electrons. The van der Waals surface area contributed by atoms with E-state index < -0.39 is 0 Å². The van der Waals surface area contributed by atoms with Gasteiger partial charge in [0.2, 0.25) is 5.95 Å². The topological polar surface area (TPSA) is 59.3 Å². The van der Waals surface area contributed by atoms with Gasteiger partial charge in [-0.05, 0) is 42.0 Å². The number of hydrazone groups is 1. The van der Waals surface area contributed by atoms with Gasteiger partial charge in [0.25, 0.3) is 5.56 Å². The molecular weight excluding hydrogens is 343 g/mol. The SMILES string of the molecule is O=c1c2ccccc2nc(NN=Cc2ccc(F)cc2)n1-c1ccccc1. The number of aromatic nitrogens is 2. The predicted molar refractivity (Wildman–Crippen MR) is 105 cm³/mol. The van der Waals surface area contributed by atoms with Crippen LogP contribution in [0.3, 0.4) is 0 Å². The number of nitrogens with zero attached hydrogens (tertiary/aromatic N) is 3. The first-order valence-corrected chi connectivity index (χ1v) is 8.34. The highest BCUT2D eigenvalue weighted by Crippen LogP contribution is 2.16. The fourth-order valence-electron chi connectivity index (χ4n) is 2.74. The van der Waals surface area contributed by atoms with Crippen LogP contribution in [0.5, 0.6) is 0 Å². The maximum absolute atomic E-state index is 13.0. The number of hydrogen-bond donors (Lipinski definition) is 1. The van der Waals surface area contributed by atoms with E-state index in [2.05, 4.69) is 15.5 Å². The Bertz CT molecular complexity index is 1170. The van der Waals surface area contributed by atoms with Crippen LogP contribution in [0.4, 0.5) is 10.3 Å². The third-order valence-electron chi connectivity index (χ3n) is 4.04. The van der Waals surface area contributed by atoms with E-state index >= 15 is 0 Å². The first-order valence-electron chi connectivity index (χ1n) is 8.34. The van der Waals surface area contributed by atoms with Crippen LogP contribution in [-0.4, -0.2) is 15.8 Å². The number of fused-ring (bicyclic) bond motifs is 1. The fraction of sp³-hybridized carbons (Fsp3) is 0. The molecule has 0 saturated heterocycles. The van der Waals surface area contributed by atoms with Gasteiger partial charge in [0.1, 0.15) is 5.82 Å². The second-order valence-corrected chi connectivity index (χ2v) is 5.85. The van der Waals surface area contributed by atoms with E-state index in [-0.39, 0.29) is 11.4 Å². The number of nitrogens with one attached hydrogen (secondary N) is 1. The smallest absolute Gasteiger partial charge is 0.267 e. The van der Waals surface area contributed by atoms with Crippen molar-refractivity contribution in [3.05, 3.63) is 101 Å². The zero-order valence-electron chi connectivity index (χ0n) is 14.2. The summed E-state index contributed by atoms with van der Waals surface area (Å²) in [6, 6.07) is 22.3. The van der Waals surface area contributed by atoms with E-state index in [4.69, 9.17) is 0 Å². The Hall–Kier alpha value is -3.80. The lowest BCUT2D eigenvalue weighted by atomic mass is 10.2. The standard InChI is InChI=1S/C21H15FN4O/c22-16-12-10-15(11-13-16)14-23-25-21-24-19-9-5-4-8-18(19)20(27)26(21)17-6-2-1-3-7-17/h1-14H,(H,24,25). The van der Waals surface area contributed by atoms with Crippen LogP contribution < -0.4 is 11.0 Å². The molecule has 5 nitrogen and oxygen atoms in total. The van der Waals surface area contributed by atoms with E-state index in [1.165, 1.54) is 22.9 Å². The zero-order chi connectivity index (χ0) is 18.6. The minimum absolute atomic E-state index is 0.189. The highest BCUT2D eigenvalue weighted by Gasteiger charge is 2.11. The molecule has 4 aromatic rings. The van der Waals surface area contributed by atoms with Gasteiger partial charge in [0.15, 0.2) is 0 Å². The normalized spacial score (nSPS) is 11.1. The molecule has 1 aromatic heterocycles. The van der Waals surface area contributed by atoms with Crippen molar-refractivity contribution < 1.29 is 4.39 Å². The minimum atomic E-state index is -0.311. The Kier molecular flexibility index (Phi) is 4.45. The molecule has 0 saturated carbocycles. The summed E-state index contributed by atoms with van der Waals surface area (Å²) in [4.78, 5) is 17.5. The number of anilines is 1. The second kappa shape index (κ2) is 7.21. The van der Waals surface area contributed by atoms with Crippen LogP contribution in [0.25, 0.3) is 16.6 Å². The second-order valence-electron chi connectivity index (χ2n) is 5.85. The molecule has 0 fully saturated rings. The molecule has 1 N–H and O–H groups in total. The van der Waals surface area contributed by atoms with Crippen molar-refractivity contribution in [3.8, 4) is 5.69 Å². The Morgan fingerprint density at radius 3 is 2.41 bits per heavy atom. The number of hydrogen-bond acceptors (Lipinski definition) is 4. The highest BCUT2D eigenvalue weighted by atomic mass is 19.1. The quantitative estimate of drug-likeness (QED) is 0.444.